The van der Waals surface area contributed by atoms with E-state index < -0.39 is 0 Å². The highest BCUT2D eigenvalue weighted by molar-refractivity contribution is 9.10. The minimum Gasteiger partial charge on any atom is -0.324 e. The number of rotatable bonds is 3. The van der Waals surface area contributed by atoms with Crippen LogP contribution in [0.25, 0.3) is 0 Å². The second-order valence-corrected chi connectivity index (χ2v) is 4.64. The molecule has 0 bridgehead atoms. The lowest BCUT2D eigenvalue weighted by atomic mass is 10.0. The van der Waals surface area contributed by atoms with E-state index >= 15 is 0 Å². The highest BCUT2D eigenvalue weighted by atomic mass is 79.9. The third-order valence-corrected chi connectivity index (χ3v) is 3.22. The van der Waals surface area contributed by atoms with Crippen LogP contribution in [0, 0.1) is 5.82 Å². The van der Waals surface area contributed by atoms with Gasteiger partial charge in [-0.25, -0.2) is 9.37 Å². The molecule has 0 fully saturated rings. The number of nitrogens with two attached hydrogens (primary N) is 1. The van der Waals surface area contributed by atoms with Gasteiger partial charge in [-0.2, -0.15) is 5.10 Å². The van der Waals surface area contributed by atoms with Crippen LogP contribution in [0.3, 0.4) is 0 Å². The normalized spacial score (nSPS) is 12.7. The Balaban J connectivity index is 2.17. The first kappa shape index (κ1) is 12.2. The first-order valence-corrected chi connectivity index (χ1v) is 5.90. The zero-order valence-electron chi connectivity index (χ0n) is 9.27. The molecule has 0 aliphatic rings. The standard InChI is InChI=1S/C11H12BrFN4/c1-17-11(15-6-16-17)5-10(14)7-2-3-8(12)9(13)4-7/h2-4,6,10H,5,14H2,1H3. The first-order valence-electron chi connectivity index (χ1n) is 5.11. The monoisotopic (exact) mass is 298 g/mol. The molecule has 0 saturated carbocycles. The van der Waals surface area contributed by atoms with Crippen molar-refractivity contribution in [2.45, 2.75) is 12.5 Å². The largest absolute Gasteiger partial charge is 0.324 e. The summed E-state index contributed by atoms with van der Waals surface area (Å²) in [7, 11) is 1.80. The third kappa shape index (κ3) is 2.70. The van der Waals surface area contributed by atoms with E-state index in [0.29, 0.717) is 10.9 Å². The van der Waals surface area contributed by atoms with Gasteiger partial charge in [0.05, 0.1) is 4.47 Å². The quantitative estimate of drug-likeness (QED) is 0.942. The number of aryl methyl sites for hydroxylation is 1. The zero-order valence-corrected chi connectivity index (χ0v) is 10.9. The number of halogens is 2. The Bertz CT molecular complexity index is 526. The molecule has 1 unspecified atom stereocenters. The Kier molecular flexibility index (Phi) is 3.54. The summed E-state index contributed by atoms with van der Waals surface area (Å²) < 4.78 is 15.5. The van der Waals surface area contributed by atoms with Crippen molar-refractivity contribution in [3.8, 4) is 0 Å². The molecule has 1 atom stereocenters. The molecule has 0 aliphatic heterocycles. The van der Waals surface area contributed by atoms with E-state index in [1.807, 2.05) is 0 Å². The van der Waals surface area contributed by atoms with Crippen LogP contribution < -0.4 is 5.73 Å². The molecule has 1 aromatic carbocycles. The van der Waals surface area contributed by atoms with Gasteiger partial charge in [0, 0.05) is 19.5 Å². The minimum atomic E-state index is -0.309. The van der Waals surface area contributed by atoms with Gasteiger partial charge in [-0.1, -0.05) is 6.07 Å². The second kappa shape index (κ2) is 4.93. The third-order valence-electron chi connectivity index (χ3n) is 2.58. The molecule has 0 amide bonds. The maximum atomic E-state index is 13.4. The molecule has 17 heavy (non-hydrogen) atoms. The predicted molar refractivity (Wildman–Crippen MR) is 65.7 cm³/mol. The predicted octanol–water partition coefficient (Wildman–Crippen LogP) is 1.96. The van der Waals surface area contributed by atoms with E-state index in [9.17, 15) is 4.39 Å². The summed E-state index contributed by atoms with van der Waals surface area (Å²) in [5.74, 6) is 0.469. The minimum absolute atomic E-state index is 0.291. The smallest absolute Gasteiger partial charge is 0.138 e. The van der Waals surface area contributed by atoms with Crippen LogP contribution in [0.5, 0.6) is 0 Å². The molecule has 90 valence electrons. The SMILES string of the molecule is Cn1ncnc1CC(N)c1ccc(Br)c(F)c1. The van der Waals surface area contributed by atoms with E-state index in [2.05, 4.69) is 26.0 Å². The molecule has 1 aromatic heterocycles. The summed E-state index contributed by atoms with van der Waals surface area (Å²) in [6.45, 7) is 0. The van der Waals surface area contributed by atoms with Gasteiger partial charge in [-0.15, -0.1) is 0 Å². The van der Waals surface area contributed by atoms with Crippen molar-refractivity contribution >= 4 is 15.9 Å². The van der Waals surface area contributed by atoms with E-state index in [4.69, 9.17) is 5.73 Å². The number of nitrogens with zero attached hydrogens (tertiary/aromatic N) is 3. The Hall–Kier alpha value is -1.27. The summed E-state index contributed by atoms with van der Waals surface area (Å²) in [5.41, 5.74) is 6.76. The van der Waals surface area contributed by atoms with Crippen molar-refractivity contribution in [2.75, 3.05) is 0 Å². The van der Waals surface area contributed by atoms with E-state index in [1.165, 1.54) is 12.4 Å². The van der Waals surface area contributed by atoms with Gasteiger partial charge in [0.1, 0.15) is 18.0 Å². The average molecular weight is 299 g/mol. The van der Waals surface area contributed by atoms with Gasteiger partial charge in [0.25, 0.3) is 0 Å². The van der Waals surface area contributed by atoms with Crippen molar-refractivity contribution in [3.05, 3.63) is 46.2 Å². The molecule has 0 radical (unpaired) electrons. The molecule has 1 heterocycles. The van der Waals surface area contributed by atoms with Crippen LogP contribution in [0.15, 0.2) is 29.0 Å². The van der Waals surface area contributed by atoms with Gasteiger partial charge in [0.15, 0.2) is 0 Å². The Morgan fingerprint density at radius 1 is 1.53 bits per heavy atom. The van der Waals surface area contributed by atoms with Gasteiger partial charge < -0.3 is 5.73 Å². The Morgan fingerprint density at radius 2 is 2.29 bits per heavy atom. The van der Waals surface area contributed by atoms with Crippen LogP contribution in [0.1, 0.15) is 17.4 Å². The molecule has 6 heteroatoms. The van der Waals surface area contributed by atoms with Crippen LogP contribution in [-0.2, 0) is 13.5 Å². The fourth-order valence-electron chi connectivity index (χ4n) is 1.56. The molecule has 2 N–H and O–H groups in total. The summed E-state index contributed by atoms with van der Waals surface area (Å²) in [4.78, 5) is 4.09. The lowest BCUT2D eigenvalue weighted by Crippen LogP contribution is -2.16. The molecular weight excluding hydrogens is 287 g/mol. The summed E-state index contributed by atoms with van der Waals surface area (Å²) in [6.07, 6.45) is 2.00. The molecular formula is C11H12BrFN4. The van der Waals surface area contributed by atoms with Crippen LogP contribution >= 0.6 is 15.9 Å². The fraction of sp³-hybridized carbons (Fsp3) is 0.273. The first-order chi connectivity index (χ1) is 8.08. The summed E-state index contributed by atoms with van der Waals surface area (Å²) in [6, 6.07) is 4.60. The van der Waals surface area contributed by atoms with Gasteiger partial charge >= 0.3 is 0 Å². The van der Waals surface area contributed by atoms with Crippen LogP contribution in [0.2, 0.25) is 0 Å². The maximum absolute atomic E-state index is 13.4. The van der Waals surface area contributed by atoms with Crippen LogP contribution in [0.4, 0.5) is 4.39 Å². The lowest BCUT2D eigenvalue weighted by Gasteiger charge is -2.11. The molecule has 0 spiro atoms. The number of aromatic nitrogens is 3. The lowest BCUT2D eigenvalue weighted by molar-refractivity contribution is 0.601. The topological polar surface area (TPSA) is 56.7 Å². The molecule has 4 nitrogen and oxygen atoms in total. The molecule has 0 saturated heterocycles. The van der Waals surface area contributed by atoms with Crippen molar-refractivity contribution in [1.29, 1.82) is 0 Å². The van der Waals surface area contributed by atoms with E-state index in [1.54, 1.807) is 23.9 Å². The zero-order chi connectivity index (χ0) is 12.4. The Morgan fingerprint density at radius 3 is 2.88 bits per heavy atom. The van der Waals surface area contributed by atoms with Crippen molar-refractivity contribution in [3.63, 3.8) is 0 Å². The van der Waals surface area contributed by atoms with E-state index in [0.717, 1.165) is 11.4 Å². The second-order valence-electron chi connectivity index (χ2n) is 3.78. The molecule has 2 aromatic rings. The maximum Gasteiger partial charge on any atom is 0.138 e. The number of hydrogen-bond donors (Lipinski definition) is 1. The van der Waals surface area contributed by atoms with Crippen LogP contribution in [-0.4, -0.2) is 14.8 Å². The number of benzene rings is 1. The highest BCUT2D eigenvalue weighted by Crippen LogP contribution is 2.21. The van der Waals surface area contributed by atoms with Gasteiger partial charge in [-0.3, -0.25) is 4.68 Å². The number of hydrogen-bond acceptors (Lipinski definition) is 3. The fourth-order valence-corrected chi connectivity index (χ4v) is 1.81. The molecule has 0 aliphatic carbocycles. The molecule has 2 rings (SSSR count). The van der Waals surface area contributed by atoms with Crippen molar-refractivity contribution < 1.29 is 4.39 Å². The van der Waals surface area contributed by atoms with Gasteiger partial charge in [-0.05, 0) is 33.6 Å². The van der Waals surface area contributed by atoms with Crippen molar-refractivity contribution in [2.24, 2.45) is 12.8 Å². The van der Waals surface area contributed by atoms with Gasteiger partial charge in [0.2, 0.25) is 0 Å². The summed E-state index contributed by atoms with van der Waals surface area (Å²) in [5, 5.41) is 3.96. The average Bonchev–Trinajstić information content (AvgIpc) is 2.68. The van der Waals surface area contributed by atoms with Crippen molar-refractivity contribution in [1.82, 2.24) is 14.8 Å². The summed E-state index contributed by atoms with van der Waals surface area (Å²) >= 11 is 3.11. The Labute approximate surface area is 107 Å². The highest BCUT2D eigenvalue weighted by Gasteiger charge is 2.12. The van der Waals surface area contributed by atoms with E-state index in [-0.39, 0.29) is 11.9 Å².